The van der Waals surface area contributed by atoms with Gasteiger partial charge in [0.05, 0.1) is 11.7 Å². The van der Waals surface area contributed by atoms with Crippen LogP contribution in [0.3, 0.4) is 0 Å². The second-order valence-corrected chi connectivity index (χ2v) is 4.83. The van der Waals surface area contributed by atoms with Gasteiger partial charge in [-0.2, -0.15) is 5.10 Å². The lowest BCUT2D eigenvalue weighted by molar-refractivity contribution is 0.0984. The highest BCUT2D eigenvalue weighted by Gasteiger charge is 2.11. The smallest absolute Gasteiger partial charge is 0.165 e. The summed E-state index contributed by atoms with van der Waals surface area (Å²) in [6, 6.07) is 9.58. The van der Waals surface area contributed by atoms with Gasteiger partial charge in [0.2, 0.25) is 0 Å². The number of carbonyl (C=O) groups is 1. The maximum Gasteiger partial charge on any atom is 0.165 e. The second kappa shape index (κ2) is 5.25. The third-order valence-electron chi connectivity index (χ3n) is 3.33. The van der Waals surface area contributed by atoms with Crippen molar-refractivity contribution in [2.45, 2.75) is 12.8 Å². The number of hydrogen-bond acceptors (Lipinski definition) is 3. The molecular weight excluding hydrogens is 250 g/mol. The van der Waals surface area contributed by atoms with Crippen molar-refractivity contribution in [3.63, 3.8) is 0 Å². The number of fused-ring (bicyclic) bond motifs is 1. The Morgan fingerprint density at radius 1 is 1.25 bits per heavy atom. The van der Waals surface area contributed by atoms with Crippen LogP contribution in [0, 0.1) is 0 Å². The van der Waals surface area contributed by atoms with Crippen LogP contribution in [-0.4, -0.2) is 20.5 Å². The number of benzene rings is 1. The Balaban J connectivity index is 1.82. The van der Waals surface area contributed by atoms with E-state index in [1.165, 1.54) is 0 Å². The van der Waals surface area contributed by atoms with Crippen LogP contribution in [-0.2, 0) is 13.5 Å². The molecule has 0 saturated carbocycles. The molecule has 20 heavy (non-hydrogen) atoms. The maximum absolute atomic E-state index is 12.4. The highest BCUT2D eigenvalue weighted by Crippen LogP contribution is 2.18. The Morgan fingerprint density at radius 3 is 2.90 bits per heavy atom. The van der Waals surface area contributed by atoms with Crippen molar-refractivity contribution < 1.29 is 4.79 Å². The predicted molar refractivity (Wildman–Crippen MR) is 77.6 cm³/mol. The van der Waals surface area contributed by atoms with Crippen LogP contribution in [0.2, 0.25) is 0 Å². The van der Waals surface area contributed by atoms with Gasteiger partial charge in [0.1, 0.15) is 0 Å². The summed E-state index contributed by atoms with van der Waals surface area (Å²) in [5.41, 5.74) is 2.56. The molecule has 2 heterocycles. The van der Waals surface area contributed by atoms with Gasteiger partial charge in [-0.15, -0.1) is 0 Å². The van der Waals surface area contributed by atoms with Gasteiger partial charge in [0, 0.05) is 36.8 Å². The fourth-order valence-corrected chi connectivity index (χ4v) is 2.32. The Morgan fingerprint density at radius 2 is 2.10 bits per heavy atom. The Labute approximate surface area is 117 Å². The van der Waals surface area contributed by atoms with Gasteiger partial charge >= 0.3 is 0 Å². The molecule has 0 bridgehead atoms. The number of para-hydroxylation sites is 1. The molecule has 4 nitrogen and oxygen atoms in total. The number of nitrogens with zero attached hydrogens (tertiary/aromatic N) is 3. The van der Waals surface area contributed by atoms with Crippen LogP contribution in [0.25, 0.3) is 10.9 Å². The highest BCUT2D eigenvalue weighted by molar-refractivity contribution is 6.06. The maximum atomic E-state index is 12.4. The summed E-state index contributed by atoms with van der Waals surface area (Å²) in [7, 11) is 1.87. The molecule has 0 aliphatic rings. The number of aryl methyl sites for hydroxylation is 2. The largest absolute Gasteiger partial charge is 0.294 e. The molecule has 2 aromatic heterocycles. The van der Waals surface area contributed by atoms with Gasteiger partial charge in [-0.05, 0) is 24.1 Å². The number of pyridine rings is 1. The topological polar surface area (TPSA) is 47.8 Å². The summed E-state index contributed by atoms with van der Waals surface area (Å²) in [4.78, 5) is 16.7. The minimum Gasteiger partial charge on any atom is -0.294 e. The average Bonchev–Trinajstić information content (AvgIpc) is 2.90. The highest BCUT2D eigenvalue weighted by atomic mass is 16.1. The van der Waals surface area contributed by atoms with E-state index in [2.05, 4.69) is 10.1 Å². The van der Waals surface area contributed by atoms with Crippen LogP contribution in [0.1, 0.15) is 22.3 Å². The molecule has 0 saturated heterocycles. The Hall–Kier alpha value is -2.49. The second-order valence-electron chi connectivity index (χ2n) is 4.83. The number of ketones is 1. The number of carbonyl (C=O) groups excluding carboxylic acids is 1. The third-order valence-corrected chi connectivity index (χ3v) is 3.33. The third kappa shape index (κ3) is 2.45. The van der Waals surface area contributed by atoms with Crippen LogP contribution in [0.5, 0.6) is 0 Å². The minimum atomic E-state index is 0.123. The molecule has 0 atom stereocenters. The minimum absolute atomic E-state index is 0.123. The zero-order chi connectivity index (χ0) is 13.9. The van der Waals surface area contributed by atoms with Crippen molar-refractivity contribution in [3.05, 3.63) is 60.0 Å². The van der Waals surface area contributed by atoms with Crippen molar-refractivity contribution in [1.29, 1.82) is 0 Å². The first-order chi connectivity index (χ1) is 9.74. The fourth-order valence-electron chi connectivity index (χ4n) is 2.32. The normalized spacial score (nSPS) is 10.8. The summed E-state index contributed by atoms with van der Waals surface area (Å²) in [6.45, 7) is 0. The molecule has 0 amide bonds. The van der Waals surface area contributed by atoms with Gasteiger partial charge in [-0.3, -0.25) is 14.5 Å². The zero-order valence-corrected chi connectivity index (χ0v) is 11.3. The predicted octanol–water partition coefficient (Wildman–Crippen LogP) is 2.78. The number of rotatable bonds is 4. The molecule has 0 aliphatic carbocycles. The molecule has 100 valence electrons. The van der Waals surface area contributed by atoms with Crippen molar-refractivity contribution in [2.24, 2.45) is 7.05 Å². The van der Waals surface area contributed by atoms with E-state index in [1.807, 2.05) is 43.6 Å². The summed E-state index contributed by atoms with van der Waals surface area (Å²) in [5, 5.41) is 5.11. The van der Waals surface area contributed by atoms with Crippen molar-refractivity contribution in [2.75, 3.05) is 0 Å². The SMILES string of the molecule is Cn1cc(CCC(=O)c2cccc3cccnc23)cn1. The molecule has 3 aromatic rings. The quantitative estimate of drug-likeness (QED) is 0.681. The molecule has 0 spiro atoms. The number of hydrogen-bond donors (Lipinski definition) is 0. The van der Waals surface area contributed by atoms with E-state index in [1.54, 1.807) is 17.1 Å². The lowest BCUT2D eigenvalue weighted by Crippen LogP contribution is -2.02. The van der Waals surface area contributed by atoms with E-state index in [-0.39, 0.29) is 5.78 Å². The number of aromatic nitrogens is 3. The van der Waals surface area contributed by atoms with Gasteiger partial charge in [0.15, 0.2) is 5.78 Å². The lowest BCUT2D eigenvalue weighted by atomic mass is 10.0. The van der Waals surface area contributed by atoms with E-state index in [0.29, 0.717) is 18.4 Å². The average molecular weight is 265 g/mol. The first kappa shape index (κ1) is 12.5. The first-order valence-corrected chi connectivity index (χ1v) is 6.58. The van der Waals surface area contributed by atoms with Crippen molar-refractivity contribution >= 4 is 16.7 Å². The lowest BCUT2D eigenvalue weighted by Gasteiger charge is -2.04. The zero-order valence-electron chi connectivity index (χ0n) is 11.3. The standard InChI is InChI=1S/C16H15N3O/c1-19-11-12(10-18-19)7-8-15(20)14-6-2-4-13-5-3-9-17-16(13)14/h2-6,9-11H,7-8H2,1H3. The molecule has 0 N–H and O–H groups in total. The van der Waals surface area contributed by atoms with E-state index in [9.17, 15) is 4.79 Å². The molecule has 0 aliphatic heterocycles. The fraction of sp³-hybridized carbons (Fsp3) is 0.188. The van der Waals surface area contributed by atoms with E-state index >= 15 is 0 Å². The van der Waals surface area contributed by atoms with Crippen molar-refractivity contribution in [3.8, 4) is 0 Å². The molecule has 0 radical (unpaired) electrons. The van der Waals surface area contributed by atoms with Crippen LogP contribution >= 0.6 is 0 Å². The molecule has 1 aromatic carbocycles. The monoisotopic (exact) mass is 265 g/mol. The summed E-state index contributed by atoms with van der Waals surface area (Å²) < 4.78 is 1.75. The summed E-state index contributed by atoms with van der Waals surface area (Å²) in [5.74, 6) is 0.123. The molecule has 0 fully saturated rings. The Bertz CT molecular complexity index is 756. The molecule has 4 heteroatoms. The van der Waals surface area contributed by atoms with Gasteiger partial charge in [0.25, 0.3) is 0 Å². The van der Waals surface area contributed by atoms with Crippen LogP contribution < -0.4 is 0 Å². The van der Waals surface area contributed by atoms with E-state index < -0.39 is 0 Å². The van der Waals surface area contributed by atoms with Gasteiger partial charge < -0.3 is 0 Å². The number of Topliss-reactive ketones (excluding diaryl/α,β-unsaturated/α-hetero) is 1. The Kier molecular flexibility index (Phi) is 3.29. The van der Waals surface area contributed by atoms with Gasteiger partial charge in [-0.1, -0.05) is 18.2 Å². The molecule has 0 unspecified atom stereocenters. The molecular formula is C16H15N3O. The van der Waals surface area contributed by atoms with E-state index in [0.717, 1.165) is 16.5 Å². The van der Waals surface area contributed by atoms with Gasteiger partial charge in [-0.25, -0.2) is 0 Å². The van der Waals surface area contributed by atoms with Crippen LogP contribution in [0.4, 0.5) is 0 Å². The summed E-state index contributed by atoms with van der Waals surface area (Å²) in [6.07, 6.45) is 6.64. The first-order valence-electron chi connectivity index (χ1n) is 6.58. The molecule has 3 rings (SSSR count). The van der Waals surface area contributed by atoms with Crippen LogP contribution in [0.15, 0.2) is 48.9 Å². The summed E-state index contributed by atoms with van der Waals surface area (Å²) >= 11 is 0. The van der Waals surface area contributed by atoms with Crippen molar-refractivity contribution in [1.82, 2.24) is 14.8 Å². The van der Waals surface area contributed by atoms with E-state index in [4.69, 9.17) is 0 Å².